The van der Waals surface area contributed by atoms with Gasteiger partial charge in [-0.1, -0.05) is 38.1 Å². The normalized spacial score (nSPS) is 10.5. The number of esters is 2. The molecule has 0 aliphatic carbocycles. The molecule has 0 spiro atoms. The molecule has 0 bridgehead atoms. The molecular weight excluding hydrogens is 268 g/mol. The Balaban J connectivity index is 2.17. The molecule has 116 valence electrons. The van der Waals surface area contributed by atoms with Crippen molar-refractivity contribution in [1.82, 2.24) is 0 Å². The van der Waals surface area contributed by atoms with Crippen molar-refractivity contribution in [2.45, 2.75) is 46.0 Å². The van der Waals surface area contributed by atoms with E-state index >= 15 is 0 Å². The van der Waals surface area contributed by atoms with Gasteiger partial charge in [-0.25, -0.2) is 0 Å². The smallest absolute Gasteiger partial charge is 0.305 e. The maximum atomic E-state index is 11.5. The molecule has 0 saturated heterocycles. The van der Waals surface area contributed by atoms with Crippen LogP contribution in [0.1, 0.15) is 50.7 Å². The molecule has 0 unspecified atom stereocenters. The number of aryl methyl sites for hydroxylation is 1. The molecular formula is C17H24O4. The van der Waals surface area contributed by atoms with E-state index in [1.165, 1.54) is 18.1 Å². The second-order valence-electron chi connectivity index (χ2n) is 5.31. The fraction of sp³-hybridized carbons (Fsp3) is 0.529. The minimum Gasteiger partial charge on any atom is -0.462 e. The highest BCUT2D eigenvalue weighted by atomic mass is 16.6. The predicted molar refractivity (Wildman–Crippen MR) is 81.1 cm³/mol. The standard InChI is InChI=1S/C17H24O4/c1-13(2)16-9-7-15(8-10-16)5-4-6-17(19)21-12-11-20-14(3)18/h7-10,13H,4-6,11-12H2,1-3H3. The average molecular weight is 292 g/mol. The molecule has 0 radical (unpaired) electrons. The quantitative estimate of drug-likeness (QED) is 0.545. The van der Waals surface area contributed by atoms with E-state index in [2.05, 4.69) is 42.8 Å². The number of carbonyl (C=O) groups is 2. The Morgan fingerprint density at radius 1 is 1.05 bits per heavy atom. The van der Waals surface area contributed by atoms with Crippen LogP contribution in [0.3, 0.4) is 0 Å². The van der Waals surface area contributed by atoms with Crippen LogP contribution >= 0.6 is 0 Å². The monoisotopic (exact) mass is 292 g/mol. The van der Waals surface area contributed by atoms with Crippen LogP contribution in [-0.2, 0) is 25.5 Å². The van der Waals surface area contributed by atoms with Gasteiger partial charge in [-0.2, -0.15) is 0 Å². The van der Waals surface area contributed by atoms with Gasteiger partial charge in [-0.05, 0) is 29.9 Å². The summed E-state index contributed by atoms with van der Waals surface area (Å²) in [4.78, 5) is 22.0. The topological polar surface area (TPSA) is 52.6 Å². The third kappa shape index (κ3) is 7.49. The minimum absolute atomic E-state index is 0.123. The molecule has 0 aliphatic rings. The minimum atomic E-state index is -0.365. The molecule has 0 N–H and O–H groups in total. The van der Waals surface area contributed by atoms with Crippen molar-refractivity contribution in [3.63, 3.8) is 0 Å². The van der Waals surface area contributed by atoms with Gasteiger partial charge in [0.15, 0.2) is 0 Å². The second kappa shape index (κ2) is 9.16. The van der Waals surface area contributed by atoms with E-state index in [4.69, 9.17) is 4.74 Å². The van der Waals surface area contributed by atoms with Gasteiger partial charge in [0, 0.05) is 13.3 Å². The van der Waals surface area contributed by atoms with Gasteiger partial charge in [0.1, 0.15) is 13.2 Å². The van der Waals surface area contributed by atoms with Gasteiger partial charge in [-0.15, -0.1) is 0 Å². The third-order valence-electron chi connectivity index (χ3n) is 3.14. The highest BCUT2D eigenvalue weighted by molar-refractivity contribution is 5.69. The Morgan fingerprint density at radius 3 is 2.24 bits per heavy atom. The fourth-order valence-corrected chi connectivity index (χ4v) is 1.92. The lowest BCUT2D eigenvalue weighted by Gasteiger charge is -2.07. The van der Waals surface area contributed by atoms with Gasteiger partial charge in [-0.3, -0.25) is 9.59 Å². The van der Waals surface area contributed by atoms with Crippen LogP contribution in [0.5, 0.6) is 0 Å². The van der Waals surface area contributed by atoms with Gasteiger partial charge in [0.25, 0.3) is 0 Å². The summed E-state index contributed by atoms with van der Waals surface area (Å²) in [5, 5.41) is 0. The molecule has 0 aliphatic heterocycles. The van der Waals surface area contributed by atoms with Crippen molar-refractivity contribution in [3.05, 3.63) is 35.4 Å². The molecule has 4 nitrogen and oxygen atoms in total. The number of hydrogen-bond acceptors (Lipinski definition) is 4. The van der Waals surface area contributed by atoms with Crippen molar-refractivity contribution >= 4 is 11.9 Å². The molecule has 1 aromatic carbocycles. The van der Waals surface area contributed by atoms with Crippen molar-refractivity contribution in [3.8, 4) is 0 Å². The maximum absolute atomic E-state index is 11.5. The maximum Gasteiger partial charge on any atom is 0.305 e. The molecule has 0 saturated carbocycles. The Hall–Kier alpha value is -1.84. The number of benzene rings is 1. The molecule has 0 aromatic heterocycles. The summed E-state index contributed by atoms with van der Waals surface area (Å²) < 4.78 is 9.65. The van der Waals surface area contributed by atoms with Crippen molar-refractivity contribution in [2.24, 2.45) is 0 Å². The summed E-state index contributed by atoms with van der Waals surface area (Å²) in [6.45, 7) is 5.91. The van der Waals surface area contributed by atoms with Crippen molar-refractivity contribution in [2.75, 3.05) is 13.2 Å². The van der Waals surface area contributed by atoms with Crippen LogP contribution in [0.2, 0.25) is 0 Å². The van der Waals surface area contributed by atoms with E-state index in [0.29, 0.717) is 12.3 Å². The van der Waals surface area contributed by atoms with E-state index in [1.54, 1.807) is 0 Å². The summed E-state index contributed by atoms with van der Waals surface area (Å²) in [6.07, 6.45) is 2.00. The largest absolute Gasteiger partial charge is 0.462 e. The molecule has 0 fully saturated rings. The Morgan fingerprint density at radius 2 is 1.67 bits per heavy atom. The first kappa shape index (κ1) is 17.2. The van der Waals surface area contributed by atoms with E-state index in [0.717, 1.165) is 12.8 Å². The molecule has 0 atom stereocenters. The lowest BCUT2D eigenvalue weighted by atomic mass is 10.00. The average Bonchev–Trinajstić information content (AvgIpc) is 2.44. The van der Waals surface area contributed by atoms with Crippen molar-refractivity contribution < 1.29 is 19.1 Å². The van der Waals surface area contributed by atoms with Crippen molar-refractivity contribution in [1.29, 1.82) is 0 Å². The zero-order chi connectivity index (χ0) is 15.7. The molecule has 1 aromatic rings. The van der Waals surface area contributed by atoms with Crippen LogP contribution in [0.4, 0.5) is 0 Å². The summed E-state index contributed by atoms with van der Waals surface area (Å²) >= 11 is 0. The Kier molecular flexibility index (Phi) is 7.51. The second-order valence-corrected chi connectivity index (χ2v) is 5.31. The Labute approximate surface area is 126 Å². The molecule has 21 heavy (non-hydrogen) atoms. The van der Waals surface area contributed by atoms with Gasteiger partial charge in [0.05, 0.1) is 0 Å². The van der Waals surface area contributed by atoms with Crippen LogP contribution in [-0.4, -0.2) is 25.2 Å². The van der Waals surface area contributed by atoms with Crippen LogP contribution in [0.25, 0.3) is 0 Å². The number of ether oxygens (including phenoxy) is 2. The first-order chi connectivity index (χ1) is 9.99. The van der Waals surface area contributed by atoms with Gasteiger partial charge < -0.3 is 9.47 Å². The highest BCUT2D eigenvalue weighted by Crippen LogP contribution is 2.15. The van der Waals surface area contributed by atoms with E-state index < -0.39 is 0 Å². The van der Waals surface area contributed by atoms with E-state index in [1.807, 2.05) is 0 Å². The van der Waals surface area contributed by atoms with Crippen LogP contribution in [0.15, 0.2) is 24.3 Å². The highest BCUT2D eigenvalue weighted by Gasteiger charge is 2.04. The summed E-state index contributed by atoms with van der Waals surface area (Å²) in [7, 11) is 0. The summed E-state index contributed by atoms with van der Waals surface area (Å²) in [6, 6.07) is 8.50. The first-order valence-corrected chi connectivity index (χ1v) is 7.37. The number of rotatable bonds is 8. The van der Waals surface area contributed by atoms with Gasteiger partial charge in [0.2, 0.25) is 0 Å². The third-order valence-corrected chi connectivity index (χ3v) is 3.14. The van der Waals surface area contributed by atoms with E-state index in [9.17, 15) is 9.59 Å². The number of carbonyl (C=O) groups excluding carboxylic acids is 2. The zero-order valence-corrected chi connectivity index (χ0v) is 13.1. The lowest BCUT2D eigenvalue weighted by Crippen LogP contribution is -2.12. The summed E-state index contributed by atoms with van der Waals surface area (Å²) in [5.41, 5.74) is 2.55. The Bertz CT molecular complexity index is 448. The van der Waals surface area contributed by atoms with E-state index in [-0.39, 0.29) is 25.2 Å². The SMILES string of the molecule is CC(=O)OCCOC(=O)CCCc1ccc(C(C)C)cc1. The molecule has 1 rings (SSSR count). The molecule has 0 amide bonds. The predicted octanol–water partition coefficient (Wildman–Crippen LogP) is 3.24. The molecule has 0 heterocycles. The molecule has 4 heteroatoms. The summed E-state index contributed by atoms with van der Waals surface area (Å²) in [5.74, 6) is -0.0805. The fourth-order valence-electron chi connectivity index (χ4n) is 1.92. The lowest BCUT2D eigenvalue weighted by molar-refractivity contribution is -0.151. The zero-order valence-electron chi connectivity index (χ0n) is 13.1. The van der Waals surface area contributed by atoms with Gasteiger partial charge >= 0.3 is 11.9 Å². The van der Waals surface area contributed by atoms with Crippen LogP contribution in [0, 0.1) is 0 Å². The van der Waals surface area contributed by atoms with Crippen LogP contribution < -0.4 is 0 Å². The first-order valence-electron chi connectivity index (χ1n) is 7.37. The number of hydrogen-bond donors (Lipinski definition) is 0.